The van der Waals surface area contributed by atoms with Crippen LogP contribution in [0.5, 0.6) is 5.75 Å². The lowest BCUT2D eigenvalue weighted by atomic mass is 10.1. The molecule has 1 fully saturated rings. The number of amides is 1. The SMILES string of the molecule is O=C(Nc1ncc(F)s1)C(Oc1ccc(F)cc1F)c1ccccc1S(=O)(=O)C1CCCC1. The Labute approximate surface area is 192 Å². The molecule has 0 saturated heterocycles. The number of hydrogen-bond donors (Lipinski definition) is 1. The number of benzene rings is 2. The third-order valence-electron chi connectivity index (χ3n) is 5.33. The predicted octanol–water partition coefficient (Wildman–Crippen LogP) is 5.04. The fourth-order valence-corrected chi connectivity index (χ4v) is 6.41. The maximum absolute atomic E-state index is 14.3. The van der Waals surface area contributed by atoms with E-state index in [0.29, 0.717) is 30.2 Å². The van der Waals surface area contributed by atoms with E-state index in [1.165, 1.54) is 24.3 Å². The molecular formula is C22H19F3N2O4S2. The largest absolute Gasteiger partial charge is 0.473 e. The molecule has 1 N–H and O–H groups in total. The van der Waals surface area contributed by atoms with Gasteiger partial charge in [-0.25, -0.2) is 22.2 Å². The van der Waals surface area contributed by atoms with Crippen molar-refractivity contribution in [2.75, 3.05) is 5.32 Å². The molecule has 1 unspecified atom stereocenters. The normalized spacial score (nSPS) is 15.4. The van der Waals surface area contributed by atoms with Crippen LogP contribution in [-0.4, -0.2) is 24.6 Å². The van der Waals surface area contributed by atoms with Crippen LogP contribution in [0.2, 0.25) is 0 Å². The third kappa shape index (κ3) is 5.03. The highest BCUT2D eigenvalue weighted by molar-refractivity contribution is 7.92. The summed E-state index contributed by atoms with van der Waals surface area (Å²) in [5.74, 6) is -3.25. The van der Waals surface area contributed by atoms with Crippen molar-refractivity contribution in [1.82, 2.24) is 4.98 Å². The van der Waals surface area contributed by atoms with E-state index in [9.17, 15) is 26.4 Å². The molecule has 174 valence electrons. The fraction of sp³-hybridized carbons (Fsp3) is 0.273. The van der Waals surface area contributed by atoms with Crippen LogP contribution in [0.3, 0.4) is 0 Å². The zero-order valence-electron chi connectivity index (χ0n) is 17.1. The molecule has 11 heteroatoms. The maximum Gasteiger partial charge on any atom is 0.272 e. The Kier molecular flexibility index (Phi) is 6.71. The highest BCUT2D eigenvalue weighted by atomic mass is 32.2. The quantitative estimate of drug-likeness (QED) is 0.496. The van der Waals surface area contributed by atoms with E-state index in [-0.39, 0.29) is 15.6 Å². The van der Waals surface area contributed by atoms with Gasteiger partial charge >= 0.3 is 0 Å². The number of hydrogen-bond acceptors (Lipinski definition) is 6. The second-order valence-corrected chi connectivity index (χ2v) is 10.7. The molecule has 1 aromatic heterocycles. The molecule has 1 atom stereocenters. The first-order valence-corrected chi connectivity index (χ1v) is 12.5. The van der Waals surface area contributed by atoms with Crippen molar-refractivity contribution in [3.63, 3.8) is 0 Å². The van der Waals surface area contributed by atoms with Crippen molar-refractivity contribution in [2.45, 2.75) is 41.9 Å². The van der Waals surface area contributed by atoms with Gasteiger partial charge in [-0.1, -0.05) is 42.4 Å². The first-order valence-electron chi connectivity index (χ1n) is 10.1. The Morgan fingerprint density at radius 1 is 1.12 bits per heavy atom. The zero-order valence-corrected chi connectivity index (χ0v) is 18.8. The first kappa shape index (κ1) is 23.2. The molecule has 0 spiro atoms. The van der Waals surface area contributed by atoms with Gasteiger partial charge in [0.25, 0.3) is 5.91 Å². The molecule has 3 aromatic rings. The van der Waals surface area contributed by atoms with Gasteiger partial charge in [0, 0.05) is 11.6 Å². The first-order chi connectivity index (χ1) is 15.8. The summed E-state index contributed by atoms with van der Waals surface area (Å²) in [6, 6.07) is 8.35. The number of thiazole rings is 1. The van der Waals surface area contributed by atoms with Gasteiger partial charge in [0.1, 0.15) is 5.82 Å². The van der Waals surface area contributed by atoms with E-state index in [1.54, 1.807) is 0 Å². The Morgan fingerprint density at radius 3 is 2.52 bits per heavy atom. The topological polar surface area (TPSA) is 85.4 Å². The van der Waals surface area contributed by atoms with Crippen molar-refractivity contribution in [1.29, 1.82) is 0 Å². The van der Waals surface area contributed by atoms with E-state index in [2.05, 4.69) is 10.3 Å². The molecule has 1 aliphatic carbocycles. The molecule has 1 heterocycles. The standard InChI is InChI=1S/C22H19F3N2O4S2/c23-13-9-10-17(16(24)11-13)31-20(21(28)27-22-26-12-19(25)32-22)15-7-3-4-8-18(15)33(29,30)14-5-1-2-6-14/h3-4,7-12,14,20H,1-2,5-6H2,(H,26,27,28). The van der Waals surface area contributed by atoms with Crippen LogP contribution >= 0.6 is 11.3 Å². The molecule has 2 aromatic carbocycles. The third-order valence-corrected chi connectivity index (χ3v) is 8.37. The minimum absolute atomic E-state index is 0.0114. The van der Waals surface area contributed by atoms with Gasteiger partial charge in [-0.3, -0.25) is 10.1 Å². The highest BCUT2D eigenvalue weighted by Gasteiger charge is 2.36. The molecule has 1 amide bonds. The summed E-state index contributed by atoms with van der Waals surface area (Å²) in [5, 5.41) is 1.05. The van der Waals surface area contributed by atoms with Crippen LogP contribution < -0.4 is 10.1 Å². The number of anilines is 1. The summed E-state index contributed by atoms with van der Waals surface area (Å²) in [7, 11) is -3.81. The van der Waals surface area contributed by atoms with Crippen LogP contribution in [0.1, 0.15) is 37.4 Å². The van der Waals surface area contributed by atoms with Crippen molar-refractivity contribution in [2.24, 2.45) is 0 Å². The number of aromatic nitrogens is 1. The minimum atomic E-state index is -3.81. The fourth-order valence-electron chi connectivity index (χ4n) is 3.77. The van der Waals surface area contributed by atoms with Crippen LogP contribution in [0.25, 0.3) is 0 Å². The number of nitrogens with one attached hydrogen (secondary N) is 1. The second kappa shape index (κ2) is 9.52. The molecule has 0 aliphatic heterocycles. The Bertz CT molecular complexity index is 1270. The van der Waals surface area contributed by atoms with Gasteiger partial charge in [-0.2, -0.15) is 4.39 Å². The zero-order chi connectivity index (χ0) is 23.6. The van der Waals surface area contributed by atoms with Gasteiger partial charge in [0.05, 0.1) is 16.3 Å². The number of carbonyl (C=O) groups excluding carboxylic acids is 1. The van der Waals surface area contributed by atoms with Crippen LogP contribution in [0, 0.1) is 16.8 Å². The Morgan fingerprint density at radius 2 is 1.85 bits per heavy atom. The molecule has 1 aliphatic rings. The second-order valence-electron chi connectivity index (χ2n) is 7.52. The van der Waals surface area contributed by atoms with E-state index >= 15 is 0 Å². The van der Waals surface area contributed by atoms with E-state index < -0.39 is 49.6 Å². The van der Waals surface area contributed by atoms with Gasteiger partial charge in [-0.15, -0.1) is 0 Å². The van der Waals surface area contributed by atoms with Crippen LogP contribution in [0.4, 0.5) is 18.3 Å². The molecule has 6 nitrogen and oxygen atoms in total. The van der Waals surface area contributed by atoms with Gasteiger partial charge in [0.2, 0.25) is 6.10 Å². The number of halogens is 3. The van der Waals surface area contributed by atoms with Crippen molar-refractivity contribution in [3.8, 4) is 5.75 Å². The lowest BCUT2D eigenvalue weighted by Crippen LogP contribution is -2.29. The van der Waals surface area contributed by atoms with Crippen molar-refractivity contribution < 1.29 is 31.1 Å². The van der Waals surface area contributed by atoms with E-state index in [0.717, 1.165) is 31.2 Å². The maximum atomic E-state index is 14.3. The molecular weight excluding hydrogens is 477 g/mol. The predicted molar refractivity (Wildman–Crippen MR) is 116 cm³/mol. The minimum Gasteiger partial charge on any atom is -0.473 e. The summed E-state index contributed by atoms with van der Waals surface area (Å²) >= 11 is 0.563. The monoisotopic (exact) mass is 496 g/mol. The van der Waals surface area contributed by atoms with Crippen molar-refractivity contribution >= 4 is 32.2 Å². The summed E-state index contributed by atoms with van der Waals surface area (Å²) < 4.78 is 73.3. The molecule has 0 radical (unpaired) electrons. The number of nitrogens with zero attached hydrogens (tertiary/aromatic N) is 1. The summed E-state index contributed by atoms with van der Waals surface area (Å²) in [4.78, 5) is 16.7. The number of sulfone groups is 1. The smallest absolute Gasteiger partial charge is 0.272 e. The average molecular weight is 497 g/mol. The van der Waals surface area contributed by atoms with Gasteiger partial charge in [0.15, 0.2) is 31.7 Å². The Balaban J connectivity index is 1.76. The molecule has 1 saturated carbocycles. The van der Waals surface area contributed by atoms with E-state index in [4.69, 9.17) is 4.74 Å². The summed E-state index contributed by atoms with van der Waals surface area (Å²) in [5.41, 5.74) is -0.0114. The summed E-state index contributed by atoms with van der Waals surface area (Å²) in [6.45, 7) is 0. The van der Waals surface area contributed by atoms with Gasteiger partial charge < -0.3 is 4.74 Å². The number of rotatable bonds is 7. The van der Waals surface area contributed by atoms with Crippen LogP contribution in [-0.2, 0) is 14.6 Å². The van der Waals surface area contributed by atoms with Crippen LogP contribution in [0.15, 0.2) is 53.6 Å². The van der Waals surface area contributed by atoms with E-state index in [1.807, 2.05) is 0 Å². The van der Waals surface area contributed by atoms with Gasteiger partial charge in [-0.05, 0) is 31.0 Å². The Hall–Kier alpha value is -2.92. The average Bonchev–Trinajstić information content (AvgIpc) is 3.46. The molecule has 0 bridgehead atoms. The lowest BCUT2D eigenvalue weighted by molar-refractivity contribution is -0.123. The highest BCUT2D eigenvalue weighted by Crippen LogP contribution is 2.35. The number of carbonyl (C=O) groups is 1. The number of ether oxygens (including phenoxy) is 1. The van der Waals surface area contributed by atoms with Crippen molar-refractivity contribution in [3.05, 3.63) is 71.0 Å². The molecule has 4 rings (SSSR count). The lowest BCUT2D eigenvalue weighted by Gasteiger charge is -2.22. The summed E-state index contributed by atoms with van der Waals surface area (Å²) in [6.07, 6.45) is 1.84. The molecule has 33 heavy (non-hydrogen) atoms.